The van der Waals surface area contributed by atoms with Crippen molar-refractivity contribution in [2.45, 2.75) is 17.9 Å². The smallest absolute Gasteiger partial charge is 0.325 e. The van der Waals surface area contributed by atoms with Crippen LogP contribution in [-0.2, 0) is 9.59 Å². The van der Waals surface area contributed by atoms with Gasteiger partial charge in [-0.05, 0) is 31.2 Å². The molecule has 0 fully saturated rings. The van der Waals surface area contributed by atoms with Crippen molar-refractivity contribution in [3.05, 3.63) is 24.3 Å². The molecule has 0 aliphatic carbocycles. The topological polar surface area (TPSA) is 75.6 Å². The molecule has 0 saturated heterocycles. The van der Waals surface area contributed by atoms with E-state index in [0.29, 0.717) is 0 Å². The van der Waals surface area contributed by atoms with Crippen molar-refractivity contribution in [2.75, 3.05) is 12.9 Å². The molecule has 18 heavy (non-hydrogen) atoms. The van der Waals surface area contributed by atoms with Crippen LogP contribution in [0.1, 0.15) is 6.92 Å². The van der Waals surface area contributed by atoms with E-state index in [1.807, 2.05) is 12.1 Å². The minimum atomic E-state index is -1.04. The molecule has 1 amide bonds. The van der Waals surface area contributed by atoms with Crippen LogP contribution in [0.2, 0.25) is 0 Å². The molecule has 0 aliphatic rings. The van der Waals surface area contributed by atoms with Gasteiger partial charge in [0.05, 0.1) is 12.9 Å². The lowest BCUT2D eigenvalue weighted by Gasteiger charge is -2.09. The SMILES string of the molecule is COc1ccc(SCC(=O)N[C@H](C)C(=O)O)cc1. The summed E-state index contributed by atoms with van der Waals surface area (Å²) in [5, 5.41) is 11.0. The molecule has 5 nitrogen and oxygen atoms in total. The fraction of sp³-hybridized carbons (Fsp3) is 0.333. The van der Waals surface area contributed by atoms with Crippen LogP contribution < -0.4 is 10.1 Å². The third-order valence-electron chi connectivity index (χ3n) is 2.18. The quantitative estimate of drug-likeness (QED) is 0.763. The van der Waals surface area contributed by atoms with Gasteiger partial charge in [-0.2, -0.15) is 0 Å². The third-order valence-corrected chi connectivity index (χ3v) is 3.19. The van der Waals surface area contributed by atoms with E-state index in [-0.39, 0.29) is 11.7 Å². The molecule has 0 heterocycles. The maximum absolute atomic E-state index is 11.4. The highest BCUT2D eigenvalue weighted by atomic mass is 32.2. The summed E-state index contributed by atoms with van der Waals surface area (Å²) in [6, 6.07) is 6.43. The highest BCUT2D eigenvalue weighted by Gasteiger charge is 2.13. The van der Waals surface area contributed by atoms with Crippen molar-refractivity contribution in [3.8, 4) is 5.75 Å². The number of carbonyl (C=O) groups excluding carboxylic acids is 1. The molecule has 0 bridgehead atoms. The lowest BCUT2D eigenvalue weighted by Crippen LogP contribution is -2.39. The second kappa shape index (κ2) is 6.90. The van der Waals surface area contributed by atoms with E-state index >= 15 is 0 Å². The zero-order valence-electron chi connectivity index (χ0n) is 10.2. The number of rotatable bonds is 6. The van der Waals surface area contributed by atoms with Crippen LogP contribution in [0.15, 0.2) is 29.2 Å². The molecule has 0 radical (unpaired) electrons. The van der Waals surface area contributed by atoms with Crippen LogP contribution in [0.25, 0.3) is 0 Å². The number of hydrogen-bond acceptors (Lipinski definition) is 4. The lowest BCUT2D eigenvalue weighted by atomic mass is 10.3. The fourth-order valence-corrected chi connectivity index (χ4v) is 1.88. The van der Waals surface area contributed by atoms with E-state index in [9.17, 15) is 9.59 Å². The molecule has 1 aromatic rings. The fourth-order valence-electron chi connectivity index (χ4n) is 1.17. The number of thioether (sulfide) groups is 1. The molecule has 98 valence electrons. The first-order chi connectivity index (χ1) is 8.52. The number of amides is 1. The number of carboxylic acids is 1. The van der Waals surface area contributed by atoms with E-state index in [1.165, 1.54) is 18.7 Å². The summed E-state index contributed by atoms with van der Waals surface area (Å²) in [4.78, 5) is 22.9. The van der Waals surface area contributed by atoms with Crippen molar-refractivity contribution < 1.29 is 19.4 Å². The zero-order valence-corrected chi connectivity index (χ0v) is 11.0. The Labute approximate surface area is 110 Å². The summed E-state index contributed by atoms with van der Waals surface area (Å²) >= 11 is 1.34. The number of carbonyl (C=O) groups is 2. The Hall–Kier alpha value is -1.69. The van der Waals surface area contributed by atoms with Gasteiger partial charge in [0, 0.05) is 4.90 Å². The van der Waals surface area contributed by atoms with Gasteiger partial charge in [-0.1, -0.05) is 0 Å². The van der Waals surface area contributed by atoms with Gasteiger partial charge in [0.15, 0.2) is 0 Å². The monoisotopic (exact) mass is 269 g/mol. The predicted molar refractivity (Wildman–Crippen MR) is 69.0 cm³/mol. The molecule has 1 atom stereocenters. The average Bonchev–Trinajstić information content (AvgIpc) is 2.36. The summed E-state index contributed by atoms with van der Waals surface area (Å²) in [5.74, 6) is -0.406. The number of methoxy groups -OCH3 is 1. The van der Waals surface area contributed by atoms with Gasteiger partial charge in [0.2, 0.25) is 5.91 Å². The largest absolute Gasteiger partial charge is 0.497 e. The van der Waals surface area contributed by atoms with Crippen LogP contribution >= 0.6 is 11.8 Å². The third kappa shape index (κ3) is 4.67. The normalized spacial score (nSPS) is 11.7. The Kier molecular flexibility index (Phi) is 5.51. The number of nitrogens with one attached hydrogen (secondary N) is 1. The van der Waals surface area contributed by atoms with Gasteiger partial charge in [0.25, 0.3) is 0 Å². The number of benzene rings is 1. The second-order valence-corrected chi connectivity index (χ2v) is 4.64. The Morgan fingerprint density at radius 3 is 2.50 bits per heavy atom. The van der Waals surface area contributed by atoms with Crippen LogP contribution in [-0.4, -0.2) is 35.9 Å². The molecular formula is C12H15NO4S. The van der Waals surface area contributed by atoms with Gasteiger partial charge >= 0.3 is 5.97 Å². The van der Waals surface area contributed by atoms with Gasteiger partial charge in [-0.25, -0.2) is 0 Å². The minimum Gasteiger partial charge on any atom is -0.497 e. The first-order valence-corrected chi connectivity index (χ1v) is 6.30. The molecule has 2 N–H and O–H groups in total. The Morgan fingerprint density at radius 1 is 1.39 bits per heavy atom. The van der Waals surface area contributed by atoms with Crippen LogP contribution in [0, 0.1) is 0 Å². The second-order valence-electron chi connectivity index (χ2n) is 3.59. The van der Waals surface area contributed by atoms with Crippen molar-refractivity contribution >= 4 is 23.6 Å². The van der Waals surface area contributed by atoms with Gasteiger partial charge in [-0.15, -0.1) is 11.8 Å². The highest BCUT2D eigenvalue weighted by molar-refractivity contribution is 8.00. The maximum Gasteiger partial charge on any atom is 0.325 e. The number of hydrogen-bond donors (Lipinski definition) is 2. The molecule has 0 aliphatic heterocycles. The van der Waals surface area contributed by atoms with E-state index < -0.39 is 12.0 Å². The Balaban J connectivity index is 2.40. The Morgan fingerprint density at radius 2 is 2.00 bits per heavy atom. The van der Waals surface area contributed by atoms with Crippen molar-refractivity contribution in [2.24, 2.45) is 0 Å². The van der Waals surface area contributed by atoms with Crippen molar-refractivity contribution in [1.82, 2.24) is 5.32 Å². The number of carboxylic acid groups (broad SMARTS) is 1. The van der Waals surface area contributed by atoms with Crippen LogP contribution in [0.3, 0.4) is 0 Å². The van der Waals surface area contributed by atoms with Crippen LogP contribution in [0.5, 0.6) is 5.75 Å². The van der Waals surface area contributed by atoms with Crippen molar-refractivity contribution in [3.63, 3.8) is 0 Å². The maximum atomic E-state index is 11.4. The Bertz CT molecular complexity index is 419. The minimum absolute atomic E-state index is 0.184. The lowest BCUT2D eigenvalue weighted by molar-refractivity contribution is -0.140. The van der Waals surface area contributed by atoms with E-state index in [1.54, 1.807) is 19.2 Å². The first kappa shape index (κ1) is 14.4. The van der Waals surface area contributed by atoms with E-state index in [0.717, 1.165) is 10.6 Å². The summed E-state index contributed by atoms with van der Waals surface area (Å²) in [7, 11) is 1.59. The molecule has 0 saturated carbocycles. The first-order valence-electron chi connectivity index (χ1n) is 5.32. The average molecular weight is 269 g/mol. The zero-order chi connectivity index (χ0) is 13.5. The van der Waals surface area contributed by atoms with Gasteiger partial charge in [-0.3, -0.25) is 9.59 Å². The van der Waals surface area contributed by atoms with E-state index in [4.69, 9.17) is 9.84 Å². The van der Waals surface area contributed by atoms with Gasteiger partial charge in [0.1, 0.15) is 11.8 Å². The molecular weight excluding hydrogens is 254 g/mol. The standard InChI is InChI=1S/C12H15NO4S/c1-8(12(15)16)13-11(14)7-18-10-5-3-9(17-2)4-6-10/h3-6,8H,7H2,1-2H3,(H,13,14)(H,15,16)/t8-/m1/s1. The molecule has 0 aromatic heterocycles. The molecule has 0 unspecified atom stereocenters. The van der Waals surface area contributed by atoms with Gasteiger partial charge < -0.3 is 15.2 Å². The van der Waals surface area contributed by atoms with E-state index in [2.05, 4.69) is 5.32 Å². The predicted octanol–water partition coefficient (Wildman–Crippen LogP) is 1.38. The summed E-state index contributed by atoms with van der Waals surface area (Å²) in [6.07, 6.45) is 0. The number of aliphatic carboxylic acids is 1. The van der Waals surface area contributed by atoms with Crippen LogP contribution in [0.4, 0.5) is 0 Å². The summed E-state index contributed by atoms with van der Waals surface area (Å²) < 4.78 is 5.02. The molecule has 0 spiro atoms. The summed E-state index contributed by atoms with van der Waals surface area (Å²) in [6.45, 7) is 1.43. The number of ether oxygens (including phenoxy) is 1. The highest BCUT2D eigenvalue weighted by Crippen LogP contribution is 2.20. The summed E-state index contributed by atoms with van der Waals surface area (Å²) in [5.41, 5.74) is 0. The molecule has 1 rings (SSSR count). The molecule has 1 aromatic carbocycles. The van der Waals surface area contributed by atoms with Crippen molar-refractivity contribution in [1.29, 1.82) is 0 Å². The molecule has 6 heteroatoms.